The van der Waals surface area contributed by atoms with Crippen LogP contribution in [-0.4, -0.2) is 51.0 Å². The Bertz CT molecular complexity index is 2190. The van der Waals surface area contributed by atoms with E-state index in [4.69, 9.17) is 5.11 Å². The number of benzene rings is 4. The van der Waals surface area contributed by atoms with Gasteiger partial charge in [0.1, 0.15) is 5.75 Å². The minimum atomic E-state index is -1.43. The number of fused-ring (bicyclic) bond motifs is 5. The van der Waals surface area contributed by atoms with Gasteiger partial charge in [0.15, 0.2) is 11.6 Å². The van der Waals surface area contributed by atoms with E-state index in [0.717, 1.165) is 11.0 Å². The maximum atomic E-state index is 15.2. The van der Waals surface area contributed by atoms with Crippen LogP contribution in [0.15, 0.2) is 115 Å². The van der Waals surface area contributed by atoms with Gasteiger partial charge in [0.2, 0.25) is 11.8 Å². The summed E-state index contributed by atoms with van der Waals surface area (Å²) in [6.07, 6.45) is 5.53. The highest BCUT2D eigenvalue weighted by Gasteiger charge is 2.66. The Morgan fingerprint density at radius 2 is 1.50 bits per heavy atom. The number of carboxylic acid groups (broad SMARTS) is 1. The number of nitrogens with zero attached hydrogens (tertiary/aromatic N) is 1. The van der Waals surface area contributed by atoms with Gasteiger partial charge in [-0.1, -0.05) is 115 Å². The molecule has 0 bridgehead atoms. The maximum Gasteiger partial charge on any atom is 0.303 e. The second-order valence-corrected chi connectivity index (χ2v) is 14.5. The molecule has 8 heteroatoms. The summed E-state index contributed by atoms with van der Waals surface area (Å²) in [4.78, 5) is 70.9. The molecule has 1 aliphatic heterocycles. The van der Waals surface area contributed by atoms with Crippen molar-refractivity contribution in [2.24, 2.45) is 23.7 Å². The van der Waals surface area contributed by atoms with Crippen molar-refractivity contribution in [3.05, 3.63) is 131 Å². The lowest BCUT2D eigenvalue weighted by molar-refractivity contribution is -0.141. The first-order valence-corrected chi connectivity index (χ1v) is 18.1. The minimum Gasteiger partial charge on any atom is -0.507 e. The number of imide groups is 1. The van der Waals surface area contributed by atoms with Crippen LogP contribution in [0.5, 0.6) is 5.75 Å². The van der Waals surface area contributed by atoms with E-state index in [-0.39, 0.29) is 48.5 Å². The monoisotopic (exact) mass is 693 g/mol. The molecule has 2 amide bonds. The first-order valence-electron chi connectivity index (χ1n) is 18.1. The average molecular weight is 694 g/mol. The van der Waals surface area contributed by atoms with Crippen molar-refractivity contribution in [1.29, 1.82) is 0 Å². The number of ketones is 2. The van der Waals surface area contributed by atoms with Crippen molar-refractivity contribution in [1.82, 2.24) is 4.90 Å². The predicted octanol–water partition coefficient (Wildman–Crippen LogP) is 7.01. The number of hydrogen-bond acceptors (Lipinski definition) is 6. The summed E-state index contributed by atoms with van der Waals surface area (Å²) in [6.45, 7) is 0.205. The highest BCUT2D eigenvalue weighted by molar-refractivity contribution is 6.31. The zero-order valence-electron chi connectivity index (χ0n) is 28.6. The van der Waals surface area contributed by atoms with Gasteiger partial charge in [-0.2, -0.15) is 0 Å². The summed E-state index contributed by atoms with van der Waals surface area (Å²) in [6, 6.07) is 29.7. The molecule has 2 N–H and O–H groups in total. The van der Waals surface area contributed by atoms with Crippen LogP contribution in [0.2, 0.25) is 0 Å². The van der Waals surface area contributed by atoms with Crippen molar-refractivity contribution in [2.45, 2.75) is 49.9 Å². The number of likely N-dealkylation sites (tertiary alicyclic amines) is 1. The topological polar surface area (TPSA) is 129 Å². The zero-order chi connectivity index (χ0) is 36.1. The quantitative estimate of drug-likeness (QED) is 0.110. The third kappa shape index (κ3) is 5.14. The number of hydrogen-bond donors (Lipinski definition) is 2. The number of rotatable bonds is 9. The van der Waals surface area contributed by atoms with Crippen LogP contribution in [0.25, 0.3) is 16.3 Å². The molecule has 52 heavy (non-hydrogen) atoms. The molecule has 0 aromatic heterocycles. The van der Waals surface area contributed by atoms with Gasteiger partial charge in [-0.25, -0.2) is 0 Å². The SMILES string of the molecule is O=C(O)CCCCCN1C(=O)[C@H]2[C@H](CC=C3[C@H]2C[C@H]2C(=O)C(c4ccccc4)=CC(=O)[C@@]2(c2ccccc2)[C@H]3c2ccc3ccccc3c2O)C1=O. The number of aliphatic carboxylic acids is 1. The number of phenols is 1. The Hall–Kier alpha value is -5.63. The molecule has 8 nitrogen and oxygen atoms in total. The highest BCUT2D eigenvalue weighted by Crippen LogP contribution is 2.64. The minimum absolute atomic E-state index is 0.0238. The Balaban J connectivity index is 1.30. The smallest absolute Gasteiger partial charge is 0.303 e. The molecule has 2 fully saturated rings. The summed E-state index contributed by atoms with van der Waals surface area (Å²) >= 11 is 0. The first-order chi connectivity index (χ1) is 25.2. The molecule has 1 heterocycles. The molecule has 1 saturated heterocycles. The molecule has 262 valence electrons. The number of Topliss-reactive ketones (excluding diaryl/α,β-unsaturated/α-hetero) is 1. The zero-order valence-corrected chi connectivity index (χ0v) is 28.6. The van der Waals surface area contributed by atoms with Crippen molar-refractivity contribution in [3.63, 3.8) is 0 Å². The number of carbonyl (C=O) groups excluding carboxylic acids is 4. The fraction of sp³-hybridized carbons (Fsp3) is 0.295. The van der Waals surface area contributed by atoms with Crippen LogP contribution < -0.4 is 0 Å². The molecular formula is C44H39NO7. The van der Waals surface area contributed by atoms with Crippen molar-refractivity contribution >= 4 is 45.7 Å². The van der Waals surface area contributed by atoms with Gasteiger partial charge in [-0.3, -0.25) is 28.9 Å². The van der Waals surface area contributed by atoms with E-state index in [0.29, 0.717) is 53.3 Å². The van der Waals surface area contributed by atoms with E-state index in [2.05, 4.69) is 0 Å². The summed E-state index contributed by atoms with van der Waals surface area (Å²) < 4.78 is 0. The number of carboxylic acids is 1. The molecule has 4 aromatic carbocycles. The molecule has 0 radical (unpaired) electrons. The Labute approximate surface area is 301 Å². The van der Waals surface area contributed by atoms with Gasteiger partial charge >= 0.3 is 5.97 Å². The third-order valence-corrected chi connectivity index (χ3v) is 12.0. The third-order valence-electron chi connectivity index (χ3n) is 12.0. The van der Waals surface area contributed by atoms with Crippen LogP contribution in [0.3, 0.4) is 0 Å². The first kappa shape index (κ1) is 33.5. The normalized spacial score (nSPS) is 26.8. The van der Waals surface area contributed by atoms with Crippen LogP contribution in [0.4, 0.5) is 0 Å². The molecular weight excluding hydrogens is 654 g/mol. The van der Waals surface area contributed by atoms with Crippen molar-refractivity contribution in [3.8, 4) is 5.75 Å². The number of aromatic hydroxyl groups is 1. The van der Waals surface area contributed by atoms with Crippen LogP contribution in [0.1, 0.15) is 61.1 Å². The Kier molecular flexibility index (Phi) is 8.48. The molecule has 6 atom stereocenters. The molecule has 4 aromatic rings. The lowest BCUT2D eigenvalue weighted by atomic mass is 9.44. The average Bonchev–Trinajstić information content (AvgIpc) is 3.41. The van der Waals surface area contributed by atoms with E-state index < -0.39 is 41.0 Å². The lowest BCUT2D eigenvalue weighted by Crippen LogP contribution is -2.58. The molecule has 8 rings (SSSR count). The molecule has 4 aliphatic rings. The molecule has 1 saturated carbocycles. The van der Waals surface area contributed by atoms with Gasteiger partial charge in [-0.05, 0) is 54.2 Å². The van der Waals surface area contributed by atoms with E-state index in [1.165, 1.54) is 11.0 Å². The predicted molar refractivity (Wildman–Crippen MR) is 195 cm³/mol. The summed E-state index contributed by atoms with van der Waals surface area (Å²) in [5.41, 5.74) is 1.50. The summed E-state index contributed by atoms with van der Waals surface area (Å²) in [5, 5.41) is 22.6. The number of amides is 2. The fourth-order valence-corrected chi connectivity index (χ4v) is 9.73. The Morgan fingerprint density at radius 3 is 2.25 bits per heavy atom. The van der Waals surface area contributed by atoms with Crippen LogP contribution in [-0.2, 0) is 29.4 Å². The van der Waals surface area contributed by atoms with Gasteiger partial charge in [0.05, 0.1) is 17.3 Å². The molecule has 0 unspecified atom stereocenters. The van der Waals surface area contributed by atoms with Gasteiger partial charge in [0, 0.05) is 41.3 Å². The number of unbranched alkanes of at least 4 members (excludes halogenated alkanes) is 2. The lowest BCUT2D eigenvalue weighted by Gasteiger charge is -2.55. The molecule has 0 spiro atoms. The largest absolute Gasteiger partial charge is 0.507 e. The van der Waals surface area contributed by atoms with Gasteiger partial charge < -0.3 is 10.2 Å². The standard InChI is InChI=1S/C44H39NO7/c46-36-25-33(26-12-4-1-5-13-26)41(50)35-24-34-30(21-22-31-38(34)43(52)45(42(31)51)23-11-3-8-18-37(47)48)39(44(35,36)28-15-6-2-7-16-28)32-20-19-27-14-9-10-17-29(27)40(32)49/h1-2,4-7,9-10,12-17,19-21,25,31,34-35,38-39,49H,3,8,11,18,22-24H2,(H,47,48)/t31-,34+,35-,38-,39+,44-/m0/s1. The summed E-state index contributed by atoms with van der Waals surface area (Å²) in [5.74, 6) is -5.38. The van der Waals surface area contributed by atoms with Crippen molar-refractivity contribution in [2.75, 3.05) is 6.54 Å². The number of carbonyl (C=O) groups is 5. The van der Waals surface area contributed by atoms with E-state index in [1.807, 2.05) is 103 Å². The maximum absolute atomic E-state index is 15.2. The van der Waals surface area contributed by atoms with Crippen LogP contribution in [0, 0.1) is 23.7 Å². The second-order valence-electron chi connectivity index (χ2n) is 14.5. The second kappa shape index (κ2) is 13.2. The van der Waals surface area contributed by atoms with E-state index in [1.54, 1.807) is 0 Å². The molecule has 3 aliphatic carbocycles. The van der Waals surface area contributed by atoms with Crippen molar-refractivity contribution < 1.29 is 34.2 Å². The highest BCUT2D eigenvalue weighted by atomic mass is 16.4. The van der Waals surface area contributed by atoms with Gasteiger partial charge in [-0.15, -0.1) is 0 Å². The van der Waals surface area contributed by atoms with E-state index >= 15 is 9.59 Å². The Morgan fingerprint density at radius 1 is 0.788 bits per heavy atom. The fourth-order valence-electron chi connectivity index (χ4n) is 9.73. The number of phenolic OH excluding ortho intramolecular Hbond substituents is 1. The van der Waals surface area contributed by atoms with E-state index in [9.17, 15) is 19.5 Å². The van der Waals surface area contributed by atoms with Gasteiger partial charge in [0.25, 0.3) is 0 Å². The van der Waals surface area contributed by atoms with Crippen LogP contribution >= 0.6 is 0 Å². The number of allylic oxidation sites excluding steroid dienone is 4. The summed E-state index contributed by atoms with van der Waals surface area (Å²) in [7, 11) is 0.